The van der Waals surface area contributed by atoms with Crippen LogP contribution in [0.1, 0.15) is 50.3 Å². The largest absolute Gasteiger partial charge is 0.433 e. The average Bonchev–Trinajstić information content (AvgIpc) is 3.56. The van der Waals surface area contributed by atoms with Crippen molar-refractivity contribution in [2.45, 2.75) is 12.4 Å². The summed E-state index contributed by atoms with van der Waals surface area (Å²) in [4.78, 5) is 5.60. The van der Waals surface area contributed by atoms with Crippen molar-refractivity contribution in [1.29, 1.82) is 36.8 Å². The van der Waals surface area contributed by atoms with Gasteiger partial charge < -0.3 is 0 Å². The van der Waals surface area contributed by atoms with Gasteiger partial charge in [0.2, 0.25) is 11.9 Å². The lowest BCUT2D eigenvalue weighted by molar-refractivity contribution is -0.142. The minimum atomic E-state index is -5.22. The molecule has 0 saturated carbocycles. The lowest BCUT2D eigenvalue weighted by Gasteiger charge is -2.14. The van der Waals surface area contributed by atoms with E-state index in [1.807, 2.05) is 0 Å². The van der Waals surface area contributed by atoms with Gasteiger partial charge in [-0.15, -0.1) is 0 Å². The van der Waals surface area contributed by atoms with Crippen LogP contribution in [0.3, 0.4) is 0 Å². The van der Waals surface area contributed by atoms with Crippen molar-refractivity contribution in [2.24, 2.45) is 0 Å². The topological polar surface area (TPSA) is 192 Å². The summed E-state index contributed by atoms with van der Waals surface area (Å²) < 4.78 is 111. The molecule has 0 aliphatic heterocycles. The lowest BCUT2D eigenvalue weighted by atomic mass is 9.87. The van der Waals surface area contributed by atoms with Crippen LogP contribution in [0.25, 0.3) is 33.4 Å². The molecule has 0 spiro atoms. The van der Waals surface area contributed by atoms with Gasteiger partial charge in [-0.3, -0.25) is 0 Å². The maximum absolute atomic E-state index is 14.5. The molecule has 238 valence electrons. The van der Waals surface area contributed by atoms with Crippen molar-refractivity contribution >= 4 is 33.4 Å². The summed E-state index contributed by atoms with van der Waals surface area (Å²) in [5, 5.41) is 70.4. The Morgan fingerprint density at radius 2 is 0.880 bits per heavy atom. The summed E-state index contributed by atoms with van der Waals surface area (Å²) in [6.45, 7) is 0. The summed E-state index contributed by atoms with van der Waals surface area (Å²) in [5.74, 6) is -3.37. The maximum Gasteiger partial charge on any atom is 0.433 e. The van der Waals surface area contributed by atoms with E-state index < -0.39 is 119 Å². The number of allylic oxidation sites excluding steroid dienone is 8. The Hall–Kier alpha value is -7.65. The van der Waals surface area contributed by atoms with Crippen LogP contribution in [-0.2, 0) is 12.4 Å². The highest BCUT2D eigenvalue weighted by molar-refractivity contribution is 6.30. The molecule has 50 heavy (non-hydrogen) atoms. The third-order valence-corrected chi connectivity index (χ3v) is 7.40. The van der Waals surface area contributed by atoms with Gasteiger partial charge in [-0.25, -0.2) is 9.97 Å². The molecule has 0 atom stereocenters. The first-order chi connectivity index (χ1) is 23.6. The van der Waals surface area contributed by atoms with Gasteiger partial charge in [-0.1, -0.05) is 0 Å². The molecule has 2 aliphatic rings. The van der Waals surface area contributed by atoms with E-state index in [4.69, 9.17) is 0 Å². The Labute approximate surface area is 273 Å². The highest BCUT2D eigenvalue weighted by atomic mass is 19.4. The maximum atomic E-state index is 14.5. The minimum absolute atomic E-state index is 0.317. The summed E-state index contributed by atoms with van der Waals surface area (Å²) in [7, 11) is 0. The van der Waals surface area contributed by atoms with Crippen molar-refractivity contribution < 1.29 is 35.1 Å². The van der Waals surface area contributed by atoms with Gasteiger partial charge in [0.1, 0.15) is 65.0 Å². The molecule has 17 heteroatoms. The number of alkyl halides is 6. The fourth-order valence-corrected chi connectivity index (χ4v) is 5.64. The van der Waals surface area contributed by atoms with Crippen molar-refractivity contribution in [1.82, 2.24) is 9.97 Å². The minimum Gasteiger partial charge on any atom is -0.215 e. The Balaban J connectivity index is 2.03. The van der Waals surface area contributed by atoms with Crippen LogP contribution < -0.4 is 0 Å². The third-order valence-electron chi connectivity index (χ3n) is 7.40. The van der Waals surface area contributed by atoms with Crippen LogP contribution in [0.15, 0.2) is 41.5 Å². The number of fused-ring (bicyclic) bond motifs is 2. The Bertz CT molecular complexity index is 2350. The van der Waals surface area contributed by atoms with Gasteiger partial charge in [-0.2, -0.15) is 72.0 Å². The third kappa shape index (κ3) is 5.13. The van der Waals surface area contributed by atoms with Crippen molar-refractivity contribution in [3.8, 4) is 42.5 Å². The van der Waals surface area contributed by atoms with Gasteiger partial charge in [0.25, 0.3) is 0 Å². The first-order valence-corrected chi connectivity index (χ1v) is 13.1. The molecular weight excluding hydrogens is 674 g/mol. The molecule has 2 aromatic heterocycles. The van der Waals surface area contributed by atoms with Crippen molar-refractivity contribution in [3.63, 3.8) is 0 Å². The van der Waals surface area contributed by atoms with Crippen molar-refractivity contribution in [3.05, 3.63) is 104 Å². The second-order valence-corrected chi connectivity index (χ2v) is 10.0. The molecule has 0 saturated heterocycles. The average molecular weight is 679 g/mol. The predicted octanol–water partition coefficient (Wildman–Crippen LogP) is 7.16. The molecule has 0 unspecified atom stereocenters. The Morgan fingerprint density at radius 3 is 1.16 bits per heavy atom. The zero-order valence-electron chi connectivity index (χ0n) is 23.9. The highest BCUT2D eigenvalue weighted by Crippen LogP contribution is 2.56. The van der Waals surface area contributed by atoms with Gasteiger partial charge >= 0.3 is 12.4 Å². The van der Waals surface area contributed by atoms with Crippen LogP contribution in [-0.4, -0.2) is 9.97 Å². The first kappa shape index (κ1) is 33.7. The molecule has 0 radical (unpaired) electrons. The summed E-state index contributed by atoms with van der Waals surface area (Å²) in [6, 6.07) is 13.6. The van der Waals surface area contributed by atoms with Gasteiger partial charge in [0.05, 0.1) is 16.7 Å². The smallest absolute Gasteiger partial charge is 0.215 e. The molecule has 0 N–H and O–H groups in total. The van der Waals surface area contributed by atoms with E-state index in [0.717, 1.165) is 6.07 Å². The van der Waals surface area contributed by atoms with E-state index in [9.17, 15) is 72.0 Å². The first-order valence-electron chi connectivity index (χ1n) is 13.1. The normalized spacial score (nSPS) is 13.2. The zero-order chi connectivity index (χ0) is 36.9. The molecule has 0 bridgehead atoms. The standard InChI is InChI=1S/C33H5F8N9/c34-24-3-13(1-22(49-24)32(36,37)38)26-19(10-46)30-17(28(26)15(6-42)7-43)5-18-29(16(8-44)9-45)27(20(11-47)31(18)21(30)12-48)14-2-23(33(39,40)41)50-25(35)4-14/h1-5H. The molecule has 0 fully saturated rings. The second kappa shape index (κ2) is 11.9. The number of rotatable bonds is 2. The highest BCUT2D eigenvalue weighted by Gasteiger charge is 2.42. The van der Waals surface area contributed by atoms with Crippen LogP contribution >= 0.6 is 0 Å². The SMILES string of the molecule is N#CC(C#N)=C1C(c2cc(F)nc(C(F)(F)F)c2)=C(C#N)c2c1cc1c(c2C#N)C(C#N)=C(c2cc(F)nc(C(F)(F)F)c2)C1=C(C#N)C#N. The second-order valence-electron chi connectivity index (χ2n) is 10.0. The fourth-order valence-electron chi connectivity index (χ4n) is 5.64. The van der Waals surface area contributed by atoms with E-state index in [1.165, 1.54) is 24.3 Å². The number of aromatic nitrogens is 2. The number of hydrogen-bond donors (Lipinski definition) is 0. The van der Waals surface area contributed by atoms with Crippen LogP contribution in [0.2, 0.25) is 0 Å². The number of halogens is 8. The van der Waals surface area contributed by atoms with E-state index in [1.54, 1.807) is 18.2 Å². The Morgan fingerprint density at radius 1 is 0.520 bits per heavy atom. The van der Waals surface area contributed by atoms with E-state index in [2.05, 4.69) is 9.97 Å². The number of pyridine rings is 2. The molecular formula is C33H5F8N9. The van der Waals surface area contributed by atoms with E-state index >= 15 is 0 Å². The lowest BCUT2D eigenvalue weighted by Crippen LogP contribution is -2.10. The molecule has 5 rings (SSSR count). The van der Waals surface area contributed by atoms with Crippen LogP contribution in [0, 0.1) is 91.2 Å². The van der Waals surface area contributed by atoms with Crippen molar-refractivity contribution in [2.75, 3.05) is 0 Å². The van der Waals surface area contributed by atoms with Crippen LogP contribution in [0.5, 0.6) is 0 Å². The van der Waals surface area contributed by atoms with E-state index in [0.29, 0.717) is 24.3 Å². The molecule has 2 heterocycles. The monoisotopic (exact) mass is 679 g/mol. The van der Waals surface area contributed by atoms with Gasteiger partial charge in [-0.05, 0) is 40.5 Å². The number of hydrogen-bond acceptors (Lipinski definition) is 9. The summed E-state index contributed by atoms with van der Waals surface area (Å²) in [6.07, 6.45) is -10.4. The molecule has 2 aliphatic carbocycles. The van der Waals surface area contributed by atoms with Gasteiger partial charge in [0, 0.05) is 45.6 Å². The zero-order valence-corrected chi connectivity index (χ0v) is 23.9. The molecule has 9 nitrogen and oxygen atoms in total. The molecule has 0 amide bonds. The predicted molar refractivity (Wildman–Crippen MR) is 151 cm³/mol. The number of nitriles is 7. The molecule has 3 aromatic rings. The summed E-state index contributed by atoms with van der Waals surface area (Å²) in [5.41, 5.74) is -13.1. The fraction of sp³-hybridized carbons (Fsp3) is 0.0606. The van der Waals surface area contributed by atoms with Gasteiger partial charge in [0.15, 0.2) is 0 Å². The quantitative estimate of drug-likeness (QED) is 0.153. The van der Waals surface area contributed by atoms with E-state index in [-0.39, 0.29) is 0 Å². The number of benzene rings is 1. The number of nitrogens with zero attached hydrogens (tertiary/aromatic N) is 9. The Kier molecular flexibility index (Phi) is 7.99. The van der Waals surface area contributed by atoms with Crippen LogP contribution in [0.4, 0.5) is 35.1 Å². The summed E-state index contributed by atoms with van der Waals surface area (Å²) >= 11 is 0. The molecule has 1 aromatic carbocycles.